The number of anilines is 1. The minimum atomic E-state index is -1.15. The summed E-state index contributed by atoms with van der Waals surface area (Å²) in [5, 5.41) is 3.68. The highest BCUT2D eigenvalue weighted by molar-refractivity contribution is 7.88. The van der Waals surface area contributed by atoms with Gasteiger partial charge >= 0.3 is 0 Å². The Morgan fingerprint density at radius 3 is 1.90 bits per heavy atom. The molecule has 7 heteroatoms. The maximum Gasteiger partial charge on any atom is 0.141 e. The van der Waals surface area contributed by atoms with Crippen molar-refractivity contribution in [1.82, 2.24) is 9.97 Å². The summed E-state index contributed by atoms with van der Waals surface area (Å²) in [4.78, 5) is 9.97. The van der Waals surface area contributed by atoms with E-state index in [1.807, 2.05) is 43.5 Å². The van der Waals surface area contributed by atoms with Crippen LogP contribution in [0.15, 0.2) is 138 Å². The lowest BCUT2D eigenvalue weighted by Gasteiger charge is -2.08. The monoisotopic (exact) mass is 579 g/mol. The summed E-state index contributed by atoms with van der Waals surface area (Å²) in [6.45, 7) is 23.1. The minimum absolute atomic E-state index is 0.00368. The van der Waals surface area contributed by atoms with E-state index in [1.54, 1.807) is 17.5 Å². The molecule has 40 heavy (non-hydrogen) atoms. The molecule has 0 bridgehead atoms. The quantitative estimate of drug-likeness (QED) is 0.245. The average Bonchev–Trinajstić information content (AvgIpc) is 3.63. The Balaban J connectivity index is 0.000000477. The molecule has 1 unspecified atom stereocenters. The Kier molecular flexibility index (Phi) is 15.5. The molecule has 0 aliphatic heterocycles. The molecule has 4 aromatic rings. The number of nitrogens with zero attached hydrogens (tertiary/aromatic N) is 2. The van der Waals surface area contributed by atoms with Gasteiger partial charge in [-0.3, -0.25) is 4.21 Å². The number of hydrogen-bond acceptors (Lipinski definition) is 6. The van der Waals surface area contributed by atoms with Crippen LogP contribution in [0, 0.1) is 0 Å². The van der Waals surface area contributed by atoms with Crippen molar-refractivity contribution in [2.75, 3.05) is 5.73 Å². The number of nitrogens with two attached hydrogens (primary N) is 1. The van der Waals surface area contributed by atoms with E-state index in [2.05, 4.69) is 102 Å². The summed E-state index contributed by atoms with van der Waals surface area (Å²) in [7, 11) is -1.15. The highest BCUT2D eigenvalue weighted by Gasteiger charge is 2.22. The van der Waals surface area contributed by atoms with Crippen LogP contribution in [0.5, 0.6) is 0 Å². The molecule has 0 saturated carbocycles. The van der Waals surface area contributed by atoms with Crippen molar-refractivity contribution in [2.24, 2.45) is 0 Å². The van der Waals surface area contributed by atoms with Gasteiger partial charge in [-0.15, -0.1) is 22.7 Å². The number of hydrogen-bond donors (Lipinski definition) is 1. The summed E-state index contributed by atoms with van der Waals surface area (Å²) in [5.74, 6) is 0. The van der Waals surface area contributed by atoms with Crippen LogP contribution in [0.4, 0.5) is 5.69 Å². The fourth-order valence-corrected chi connectivity index (χ4v) is 6.23. The predicted molar refractivity (Wildman–Crippen MR) is 174 cm³/mol. The first kappa shape index (κ1) is 33.4. The van der Waals surface area contributed by atoms with E-state index >= 15 is 0 Å². The Labute approximate surface area is 246 Å². The third kappa shape index (κ3) is 9.92. The van der Waals surface area contributed by atoms with Gasteiger partial charge in [-0.2, -0.15) is 0 Å². The molecule has 1 aromatic carbocycles. The maximum atomic E-state index is 12.7. The molecule has 1 atom stereocenters. The van der Waals surface area contributed by atoms with E-state index in [9.17, 15) is 4.21 Å². The first-order valence-corrected chi connectivity index (χ1v) is 14.4. The first-order chi connectivity index (χ1) is 19.3. The number of thiazole rings is 1. The van der Waals surface area contributed by atoms with Crippen LogP contribution < -0.4 is 5.73 Å². The summed E-state index contributed by atoms with van der Waals surface area (Å²) < 4.78 is 13.4. The zero-order valence-corrected chi connectivity index (χ0v) is 25.0. The highest BCUT2D eigenvalue weighted by atomic mass is 32.2. The van der Waals surface area contributed by atoms with Crippen LogP contribution in [0.2, 0.25) is 0 Å². The number of nitrogen functional groups attached to an aromatic ring is 1. The smallest absolute Gasteiger partial charge is 0.141 e. The van der Waals surface area contributed by atoms with Crippen molar-refractivity contribution >= 4 is 49.4 Å². The number of thiophene rings is 1. The molecule has 0 fully saturated rings. The second kappa shape index (κ2) is 18.6. The topological polar surface area (TPSA) is 68.9 Å². The van der Waals surface area contributed by atoms with Crippen molar-refractivity contribution in [2.45, 2.75) is 23.3 Å². The third-order valence-electron chi connectivity index (χ3n) is 4.49. The number of rotatable bonds is 4. The molecule has 4 rings (SSSR count). The van der Waals surface area contributed by atoms with Crippen LogP contribution in [-0.4, -0.2) is 19.4 Å². The zero-order chi connectivity index (χ0) is 29.9. The Hall–Kier alpha value is -4.63. The van der Waals surface area contributed by atoms with Crippen molar-refractivity contribution < 1.29 is 4.21 Å². The van der Waals surface area contributed by atoms with E-state index in [4.69, 9.17) is 10.7 Å². The van der Waals surface area contributed by atoms with Gasteiger partial charge in [0.1, 0.15) is 19.7 Å². The van der Waals surface area contributed by atoms with Crippen LogP contribution in [0.1, 0.15) is 13.8 Å². The average molecular weight is 580 g/mol. The first-order valence-electron chi connectivity index (χ1n) is 11.5. The second-order valence-corrected chi connectivity index (χ2v) is 11.5. The fourth-order valence-electron chi connectivity index (χ4n) is 2.89. The van der Waals surface area contributed by atoms with Crippen LogP contribution in [0.25, 0.3) is 32.0 Å². The molecule has 0 aliphatic rings. The molecular formula is C33H29N3OS3. The Morgan fingerprint density at radius 1 is 0.900 bits per heavy atom. The molecule has 200 valence electrons. The standard InChI is InChI=1S/C19H17N3OS3.2C5H4.C4H4/c1-11(2)26(23)19-16(20)15-13(12-6-4-3-5-7-12)10-14(22-18(15)25-19)17-21-8-9-24-17;2*1-3-5-4-2;1-3-4-2/h3-11H,20H2,1-2H3;2*1-2H2;1-2H2. The van der Waals surface area contributed by atoms with Crippen LogP contribution in [0.3, 0.4) is 0 Å². The second-order valence-electron chi connectivity index (χ2n) is 7.40. The van der Waals surface area contributed by atoms with Crippen molar-refractivity contribution in [3.8, 4) is 21.8 Å². The molecule has 0 saturated heterocycles. The molecule has 0 aliphatic carbocycles. The van der Waals surface area contributed by atoms with E-state index in [1.165, 1.54) is 11.3 Å². The number of benzene rings is 1. The number of pyridine rings is 1. The van der Waals surface area contributed by atoms with Crippen LogP contribution in [-0.2, 0) is 10.8 Å². The van der Waals surface area contributed by atoms with E-state index in [0.717, 1.165) is 32.0 Å². The minimum Gasteiger partial charge on any atom is -0.396 e. The summed E-state index contributed by atoms with van der Waals surface area (Å²) in [6.07, 6.45) is 1.77. The van der Waals surface area contributed by atoms with Gasteiger partial charge in [-0.25, -0.2) is 9.97 Å². The third-order valence-corrected chi connectivity index (χ3v) is 8.36. The van der Waals surface area contributed by atoms with E-state index in [0.29, 0.717) is 9.90 Å². The van der Waals surface area contributed by atoms with Gasteiger partial charge in [0.2, 0.25) is 0 Å². The lowest BCUT2D eigenvalue weighted by atomic mass is 10.0. The fraction of sp³-hybridized carbons (Fsp3) is 0.0909. The van der Waals surface area contributed by atoms with Gasteiger partial charge in [0, 0.05) is 22.2 Å². The maximum absolute atomic E-state index is 12.7. The molecule has 0 amide bonds. The van der Waals surface area contributed by atoms with Gasteiger partial charge < -0.3 is 5.73 Å². The Morgan fingerprint density at radius 2 is 1.48 bits per heavy atom. The van der Waals surface area contributed by atoms with Gasteiger partial charge in [-0.1, -0.05) is 78.6 Å². The molecule has 3 aromatic heterocycles. The van der Waals surface area contributed by atoms with Crippen molar-refractivity contribution in [1.29, 1.82) is 0 Å². The lowest BCUT2D eigenvalue weighted by Crippen LogP contribution is -2.05. The molecule has 0 spiro atoms. The number of fused-ring (bicyclic) bond motifs is 1. The molecule has 0 radical (unpaired) electrons. The summed E-state index contributed by atoms with van der Waals surface area (Å²) in [5.41, 5.74) is 28.7. The van der Waals surface area contributed by atoms with Crippen LogP contribution >= 0.6 is 22.7 Å². The normalized spacial score (nSPS) is 9.38. The number of aromatic nitrogens is 2. The zero-order valence-electron chi connectivity index (χ0n) is 22.5. The molecule has 3 heterocycles. The van der Waals surface area contributed by atoms with E-state index < -0.39 is 10.8 Å². The highest BCUT2D eigenvalue weighted by Crippen LogP contribution is 2.43. The van der Waals surface area contributed by atoms with Gasteiger partial charge in [0.25, 0.3) is 0 Å². The predicted octanol–water partition coefficient (Wildman–Crippen LogP) is 8.83. The molecule has 2 N–H and O–H groups in total. The summed E-state index contributed by atoms with van der Waals surface area (Å²) in [6, 6.07) is 12.1. The molecular weight excluding hydrogens is 551 g/mol. The lowest BCUT2D eigenvalue weighted by molar-refractivity contribution is 0.678. The van der Waals surface area contributed by atoms with Gasteiger partial charge in [0.05, 0.1) is 16.5 Å². The van der Waals surface area contributed by atoms with Crippen molar-refractivity contribution in [3.63, 3.8) is 0 Å². The SMILES string of the molecule is C=C=C=C.C=C=C=C=C.C=C=C=C=C.CC(C)S(=O)c1sc2nc(-c3nccs3)cc(-c3ccccc3)c2c1N. The van der Waals surface area contributed by atoms with Gasteiger partial charge in [0.15, 0.2) is 0 Å². The van der Waals surface area contributed by atoms with Crippen molar-refractivity contribution in [3.05, 3.63) is 133 Å². The largest absolute Gasteiger partial charge is 0.396 e. The summed E-state index contributed by atoms with van der Waals surface area (Å²) >= 11 is 2.97. The molecule has 4 nitrogen and oxygen atoms in total. The van der Waals surface area contributed by atoms with E-state index in [-0.39, 0.29) is 5.25 Å². The van der Waals surface area contributed by atoms with Gasteiger partial charge in [-0.05, 0) is 68.1 Å². The Bertz CT molecular complexity index is 1670.